The van der Waals surface area contributed by atoms with Crippen LogP contribution in [0.25, 0.3) is 0 Å². The molecule has 0 aromatic carbocycles. The first-order chi connectivity index (χ1) is 8.23. The van der Waals surface area contributed by atoms with Gasteiger partial charge in [0.2, 0.25) is 0 Å². The minimum absolute atomic E-state index is 0.363. The van der Waals surface area contributed by atoms with Crippen LogP contribution in [0.3, 0.4) is 0 Å². The molecule has 2 aliphatic rings. The van der Waals surface area contributed by atoms with Crippen LogP contribution in [-0.2, 0) is 4.74 Å². The quantitative estimate of drug-likeness (QED) is 0.566. The van der Waals surface area contributed by atoms with Crippen molar-refractivity contribution in [1.82, 2.24) is 5.32 Å². The van der Waals surface area contributed by atoms with Crippen molar-refractivity contribution in [1.29, 1.82) is 0 Å². The summed E-state index contributed by atoms with van der Waals surface area (Å²) in [6, 6.07) is 0.480. The number of ether oxygens (including phenoxy) is 1. The van der Waals surface area contributed by atoms with Crippen LogP contribution < -0.4 is 11.1 Å². The van der Waals surface area contributed by atoms with Gasteiger partial charge >= 0.3 is 0 Å². The summed E-state index contributed by atoms with van der Waals surface area (Å²) in [5.74, 6) is 0.609. The number of hydrogen-bond acceptors (Lipinski definition) is 2. The van der Waals surface area contributed by atoms with E-state index in [0.717, 1.165) is 26.0 Å². The van der Waals surface area contributed by atoms with E-state index in [1.54, 1.807) is 0 Å². The van der Waals surface area contributed by atoms with Gasteiger partial charge in [-0.1, -0.05) is 13.3 Å². The fraction of sp³-hybridized carbons (Fsp3) is 0.923. The van der Waals surface area contributed by atoms with E-state index in [9.17, 15) is 0 Å². The van der Waals surface area contributed by atoms with Gasteiger partial charge in [-0.3, -0.25) is 4.99 Å². The normalized spacial score (nSPS) is 30.8. The van der Waals surface area contributed by atoms with Crippen molar-refractivity contribution in [2.75, 3.05) is 13.2 Å². The number of guanidine groups is 1. The maximum absolute atomic E-state index is 5.89. The summed E-state index contributed by atoms with van der Waals surface area (Å²) in [7, 11) is 0. The van der Waals surface area contributed by atoms with E-state index >= 15 is 0 Å². The van der Waals surface area contributed by atoms with E-state index in [1.165, 1.54) is 19.3 Å². The summed E-state index contributed by atoms with van der Waals surface area (Å²) < 4.78 is 5.81. The average molecular weight is 239 g/mol. The number of aliphatic imine (C=N–C) groups is 1. The Hall–Kier alpha value is -0.770. The van der Waals surface area contributed by atoms with Crippen LogP contribution >= 0.6 is 0 Å². The molecule has 2 atom stereocenters. The minimum Gasteiger partial charge on any atom is -0.378 e. The molecule has 4 heteroatoms. The average Bonchev–Trinajstić information content (AvgIpc) is 2.22. The molecule has 0 bridgehead atoms. The molecule has 2 fully saturated rings. The first-order valence-electron chi connectivity index (χ1n) is 6.91. The third-order valence-electron chi connectivity index (χ3n) is 4.27. The number of nitrogens with two attached hydrogens (primary N) is 1. The van der Waals surface area contributed by atoms with Crippen LogP contribution in [-0.4, -0.2) is 31.3 Å². The molecule has 0 saturated heterocycles. The van der Waals surface area contributed by atoms with Crippen molar-refractivity contribution in [2.24, 2.45) is 16.1 Å². The molecule has 2 aliphatic carbocycles. The fourth-order valence-electron chi connectivity index (χ4n) is 3.10. The zero-order chi connectivity index (χ0) is 12.3. The van der Waals surface area contributed by atoms with Gasteiger partial charge in [0.15, 0.2) is 5.96 Å². The highest BCUT2D eigenvalue weighted by atomic mass is 16.5. The molecule has 0 aromatic rings. The van der Waals surface area contributed by atoms with Gasteiger partial charge in [0.05, 0.1) is 6.10 Å². The van der Waals surface area contributed by atoms with Crippen LogP contribution in [0.1, 0.15) is 46.0 Å². The molecule has 98 valence electrons. The lowest BCUT2D eigenvalue weighted by Gasteiger charge is -2.61. The zero-order valence-electron chi connectivity index (χ0n) is 11.0. The Morgan fingerprint density at radius 3 is 2.76 bits per heavy atom. The molecule has 0 heterocycles. The lowest BCUT2D eigenvalue weighted by atomic mass is 9.51. The lowest BCUT2D eigenvalue weighted by molar-refractivity contribution is -0.168. The van der Waals surface area contributed by atoms with Gasteiger partial charge in [-0.15, -0.1) is 0 Å². The SMILES string of the molecule is CCCN=C(N)NC1CC(OCC)C12CCC2. The third-order valence-corrected chi connectivity index (χ3v) is 4.27. The molecule has 2 saturated carbocycles. The third kappa shape index (κ3) is 2.28. The predicted molar refractivity (Wildman–Crippen MR) is 70.0 cm³/mol. The molecule has 1 spiro atoms. The predicted octanol–water partition coefficient (Wildman–Crippen LogP) is 1.65. The summed E-state index contributed by atoms with van der Waals surface area (Å²) in [6.45, 7) is 5.81. The standard InChI is InChI=1S/C13H25N3O/c1-3-8-15-12(14)16-10-9-11(17-4-2)13(10)6-5-7-13/h10-11H,3-9H2,1-2H3,(H3,14,15,16). The van der Waals surface area contributed by atoms with Gasteiger partial charge in [0.25, 0.3) is 0 Å². The molecule has 0 radical (unpaired) electrons. The van der Waals surface area contributed by atoms with E-state index in [1.807, 2.05) is 0 Å². The van der Waals surface area contributed by atoms with Crippen molar-refractivity contribution in [3.63, 3.8) is 0 Å². The molecule has 2 rings (SSSR count). The van der Waals surface area contributed by atoms with Crippen molar-refractivity contribution in [3.05, 3.63) is 0 Å². The van der Waals surface area contributed by atoms with E-state index in [4.69, 9.17) is 10.5 Å². The Labute approximate surface area is 104 Å². The van der Waals surface area contributed by atoms with Crippen LogP contribution in [0.4, 0.5) is 0 Å². The van der Waals surface area contributed by atoms with Crippen LogP contribution in [0.5, 0.6) is 0 Å². The molecular weight excluding hydrogens is 214 g/mol. The fourth-order valence-corrected chi connectivity index (χ4v) is 3.10. The molecule has 17 heavy (non-hydrogen) atoms. The van der Waals surface area contributed by atoms with Crippen molar-refractivity contribution in [3.8, 4) is 0 Å². The smallest absolute Gasteiger partial charge is 0.188 e. The Balaban J connectivity index is 1.87. The highest BCUT2D eigenvalue weighted by molar-refractivity contribution is 5.78. The second-order valence-electron chi connectivity index (χ2n) is 5.23. The van der Waals surface area contributed by atoms with E-state index < -0.39 is 0 Å². The Morgan fingerprint density at radius 1 is 1.47 bits per heavy atom. The highest BCUT2D eigenvalue weighted by Gasteiger charge is 2.59. The number of rotatable bonds is 5. The van der Waals surface area contributed by atoms with Crippen LogP contribution in [0.2, 0.25) is 0 Å². The van der Waals surface area contributed by atoms with E-state index in [-0.39, 0.29) is 0 Å². The monoisotopic (exact) mass is 239 g/mol. The van der Waals surface area contributed by atoms with Gasteiger partial charge in [0, 0.05) is 24.6 Å². The minimum atomic E-state index is 0.363. The Morgan fingerprint density at radius 2 is 2.24 bits per heavy atom. The van der Waals surface area contributed by atoms with Gasteiger partial charge < -0.3 is 15.8 Å². The number of nitrogens with one attached hydrogen (secondary N) is 1. The summed E-state index contributed by atoms with van der Waals surface area (Å²) in [6.07, 6.45) is 6.44. The summed E-state index contributed by atoms with van der Waals surface area (Å²) in [5, 5.41) is 3.38. The molecule has 0 aliphatic heterocycles. The van der Waals surface area contributed by atoms with Crippen LogP contribution in [0.15, 0.2) is 4.99 Å². The van der Waals surface area contributed by atoms with Crippen molar-refractivity contribution in [2.45, 2.75) is 58.1 Å². The molecule has 3 N–H and O–H groups in total. The summed E-state index contributed by atoms with van der Waals surface area (Å²) >= 11 is 0. The second kappa shape index (κ2) is 5.25. The second-order valence-corrected chi connectivity index (χ2v) is 5.23. The van der Waals surface area contributed by atoms with E-state index in [2.05, 4.69) is 24.2 Å². The Kier molecular flexibility index (Phi) is 3.92. The topological polar surface area (TPSA) is 59.6 Å². The first kappa shape index (κ1) is 12.7. The summed E-state index contributed by atoms with van der Waals surface area (Å²) in [4.78, 5) is 4.30. The molecule has 0 aromatic heterocycles. The summed E-state index contributed by atoms with van der Waals surface area (Å²) in [5.41, 5.74) is 6.25. The highest BCUT2D eigenvalue weighted by Crippen LogP contribution is 2.57. The van der Waals surface area contributed by atoms with E-state index in [0.29, 0.717) is 23.5 Å². The van der Waals surface area contributed by atoms with Gasteiger partial charge in [-0.25, -0.2) is 0 Å². The maximum Gasteiger partial charge on any atom is 0.188 e. The lowest BCUT2D eigenvalue weighted by Crippen LogP contribution is -2.68. The van der Waals surface area contributed by atoms with Gasteiger partial charge in [-0.05, 0) is 32.6 Å². The Bertz CT molecular complexity index is 286. The molecule has 0 amide bonds. The van der Waals surface area contributed by atoms with Gasteiger partial charge in [-0.2, -0.15) is 0 Å². The first-order valence-corrected chi connectivity index (χ1v) is 6.91. The number of nitrogens with zero attached hydrogens (tertiary/aromatic N) is 1. The van der Waals surface area contributed by atoms with Crippen molar-refractivity contribution >= 4 is 5.96 Å². The zero-order valence-corrected chi connectivity index (χ0v) is 11.0. The largest absolute Gasteiger partial charge is 0.378 e. The van der Waals surface area contributed by atoms with Gasteiger partial charge in [0.1, 0.15) is 0 Å². The molecule has 4 nitrogen and oxygen atoms in total. The maximum atomic E-state index is 5.89. The van der Waals surface area contributed by atoms with Crippen molar-refractivity contribution < 1.29 is 4.74 Å². The molecule has 2 unspecified atom stereocenters. The molecular formula is C13H25N3O. The number of hydrogen-bond donors (Lipinski definition) is 2. The van der Waals surface area contributed by atoms with Crippen LogP contribution in [0, 0.1) is 5.41 Å².